The van der Waals surface area contributed by atoms with Crippen LogP contribution in [0.3, 0.4) is 0 Å². The Morgan fingerprint density at radius 2 is 2.19 bits per heavy atom. The van der Waals surface area contributed by atoms with Crippen LogP contribution >= 0.6 is 12.2 Å². The lowest BCUT2D eigenvalue weighted by Crippen LogP contribution is -2.25. The first-order chi connectivity index (χ1) is 10.2. The van der Waals surface area contributed by atoms with Crippen LogP contribution in [0.2, 0.25) is 0 Å². The van der Waals surface area contributed by atoms with Gasteiger partial charge in [-0.05, 0) is 23.7 Å². The Morgan fingerprint density at radius 3 is 2.95 bits per heavy atom. The minimum Gasteiger partial charge on any atom is -0.343 e. The lowest BCUT2D eigenvalue weighted by atomic mass is 10.1. The molecule has 0 unspecified atom stereocenters. The summed E-state index contributed by atoms with van der Waals surface area (Å²) in [5, 5.41) is 11.4. The SMILES string of the molecule is Cn1c(CNC(=O)c2nccc3ccccc23)n[nH]c1=S. The Bertz CT molecular complexity index is 862. The lowest BCUT2D eigenvalue weighted by molar-refractivity contribution is 0.0946. The molecule has 0 bridgehead atoms. The second kappa shape index (κ2) is 5.45. The molecule has 0 radical (unpaired) electrons. The molecule has 0 saturated carbocycles. The van der Waals surface area contributed by atoms with E-state index >= 15 is 0 Å². The van der Waals surface area contributed by atoms with Crippen LogP contribution in [0.5, 0.6) is 0 Å². The minimum atomic E-state index is -0.235. The van der Waals surface area contributed by atoms with Crippen molar-refractivity contribution in [1.29, 1.82) is 0 Å². The third kappa shape index (κ3) is 2.55. The molecule has 1 aromatic carbocycles. The van der Waals surface area contributed by atoms with Gasteiger partial charge in [-0.25, -0.2) is 0 Å². The smallest absolute Gasteiger partial charge is 0.270 e. The molecular weight excluding hydrogens is 286 g/mol. The monoisotopic (exact) mass is 299 g/mol. The summed E-state index contributed by atoms with van der Waals surface area (Å²) in [5.74, 6) is 0.425. The van der Waals surface area contributed by atoms with E-state index in [1.54, 1.807) is 17.8 Å². The highest BCUT2D eigenvalue weighted by Crippen LogP contribution is 2.16. The molecular formula is C14H13N5OS. The first-order valence-electron chi connectivity index (χ1n) is 6.39. The molecule has 0 fully saturated rings. The Kier molecular flexibility index (Phi) is 3.49. The number of fused-ring (bicyclic) bond motifs is 1. The van der Waals surface area contributed by atoms with Gasteiger partial charge in [-0.1, -0.05) is 24.3 Å². The summed E-state index contributed by atoms with van der Waals surface area (Å²) in [5.41, 5.74) is 0.407. The summed E-state index contributed by atoms with van der Waals surface area (Å²) in [4.78, 5) is 16.5. The number of H-pyrrole nitrogens is 1. The molecule has 2 N–H and O–H groups in total. The molecule has 3 rings (SSSR count). The van der Waals surface area contributed by atoms with E-state index in [2.05, 4.69) is 20.5 Å². The van der Waals surface area contributed by atoms with Crippen LogP contribution in [0.25, 0.3) is 10.8 Å². The summed E-state index contributed by atoms with van der Waals surface area (Å²) in [6.07, 6.45) is 1.63. The molecule has 6 nitrogen and oxygen atoms in total. The molecule has 2 heterocycles. The van der Waals surface area contributed by atoms with Crippen LogP contribution in [-0.4, -0.2) is 25.7 Å². The Labute approximate surface area is 125 Å². The van der Waals surface area contributed by atoms with E-state index in [0.717, 1.165) is 10.8 Å². The molecule has 0 aliphatic carbocycles. The lowest BCUT2D eigenvalue weighted by Gasteiger charge is -2.06. The highest BCUT2D eigenvalue weighted by Gasteiger charge is 2.12. The number of amides is 1. The van der Waals surface area contributed by atoms with Gasteiger partial charge in [-0.15, -0.1) is 0 Å². The van der Waals surface area contributed by atoms with Gasteiger partial charge in [-0.2, -0.15) is 5.10 Å². The van der Waals surface area contributed by atoms with Crippen LogP contribution < -0.4 is 5.32 Å². The third-order valence-electron chi connectivity index (χ3n) is 3.27. The van der Waals surface area contributed by atoms with Gasteiger partial charge in [0.15, 0.2) is 10.6 Å². The quantitative estimate of drug-likeness (QED) is 0.725. The maximum absolute atomic E-state index is 12.3. The van der Waals surface area contributed by atoms with Crippen molar-refractivity contribution in [1.82, 2.24) is 25.1 Å². The molecule has 1 amide bonds. The number of benzene rings is 1. The van der Waals surface area contributed by atoms with Crippen molar-refractivity contribution >= 4 is 28.9 Å². The predicted molar refractivity (Wildman–Crippen MR) is 81.3 cm³/mol. The van der Waals surface area contributed by atoms with E-state index in [0.29, 0.717) is 16.3 Å². The second-order valence-corrected chi connectivity index (χ2v) is 4.95. The molecule has 2 aromatic heterocycles. The maximum atomic E-state index is 12.3. The molecule has 21 heavy (non-hydrogen) atoms. The standard InChI is InChI=1S/C14H13N5OS/c1-19-11(17-18-14(19)21)8-16-13(20)12-10-5-3-2-4-9(10)6-7-15-12/h2-7H,8H2,1H3,(H,16,20)(H,18,21). The van der Waals surface area contributed by atoms with Crippen LogP contribution in [0.1, 0.15) is 16.3 Å². The summed E-state index contributed by atoms with van der Waals surface area (Å²) < 4.78 is 2.23. The van der Waals surface area contributed by atoms with Gasteiger partial charge in [0.05, 0.1) is 6.54 Å². The van der Waals surface area contributed by atoms with Crippen LogP contribution in [0.4, 0.5) is 0 Å². The maximum Gasteiger partial charge on any atom is 0.270 e. The fourth-order valence-corrected chi connectivity index (χ4v) is 2.23. The zero-order valence-corrected chi connectivity index (χ0v) is 12.1. The predicted octanol–water partition coefficient (Wildman–Crippen LogP) is 1.96. The van der Waals surface area contributed by atoms with Gasteiger partial charge in [0.25, 0.3) is 5.91 Å². The van der Waals surface area contributed by atoms with Crippen molar-refractivity contribution in [3.63, 3.8) is 0 Å². The van der Waals surface area contributed by atoms with Crippen molar-refractivity contribution < 1.29 is 4.79 Å². The van der Waals surface area contributed by atoms with Gasteiger partial charge in [0.2, 0.25) is 0 Å². The van der Waals surface area contributed by atoms with E-state index in [4.69, 9.17) is 12.2 Å². The van der Waals surface area contributed by atoms with Crippen molar-refractivity contribution in [2.24, 2.45) is 7.05 Å². The van der Waals surface area contributed by atoms with Crippen molar-refractivity contribution in [3.8, 4) is 0 Å². The summed E-state index contributed by atoms with van der Waals surface area (Å²) in [7, 11) is 1.80. The molecule has 3 aromatic rings. The number of carbonyl (C=O) groups excluding carboxylic acids is 1. The van der Waals surface area contributed by atoms with E-state index in [1.165, 1.54) is 0 Å². The molecule has 0 aliphatic heterocycles. The summed E-state index contributed by atoms with van der Waals surface area (Å²) in [6, 6.07) is 9.53. The number of nitrogens with zero attached hydrogens (tertiary/aromatic N) is 3. The van der Waals surface area contributed by atoms with E-state index in [1.807, 2.05) is 30.3 Å². The van der Waals surface area contributed by atoms with Crippen molar-refractivity contribution in [2.45, 2.75) is 6.54 Å². The van der Waals surface area contributed by atoms with Crippen LogP contribution in [0, 0.1) is 4.77 Å². The first kappa shape index (κ1) is 13.4. The third-order valence-corrected chi connectivity index (χ3v) is 3.63. The molecule has 0 spiro atoms. The normalized spacial score (nSPS) is 10.7. The topological polar surface area (TPSA) is 75.6 Å². The average molecular weight is 299 g/mol. The van der Waals surface area contributed by atoms with Gasteiger partial charge in [0.1, 0.15) is 5.69 Å². The van der Waals surface area contributed by atoms with Crippen LogP contribution in [0.15, 0.2) is 36.5 Å². The number of hydrogen-bond donors (Lipinski definition) is 2. The molecule has 7 heteroatoms. The fraction of sp³-hybridized carbons (Fsp3) is 0.143. The van der Waals surface area contributed by atoms with Crippen LogP contribution in [-0.2, 0) is 13.6 Å². The molecule has 0 aliphatic rings. The first-order valence-corrected chi connectivity index (χ1v) is 6.80. The Balaban J connectivity index is 1.84. The Morgan fingerprint density at radius 1 is 1.38 bits per heavy atom. The zero-order chi connectivity index (χ0) is 14.8. The summed E-state index contributed by atoms with van der Waals surface area (Å²) in [6.45, 7) is 0.285. The highest BCUT2D eigenvalue weighted by atomic mass is 32.1. The number of nitrogens with one attached hydrogen (secondary N) is 2. The fourth-order valence-electron chi connectivity index (χ4n) is 2.08. The van der Waals surface area contributed by atoms with Crippen molar-refractivity contribution in [2.75, 3.05) is 0 Å². The van der Waals surface area contributed by atoms with Gasteiger partial charge >= 0.3 is 0 Å². The van der Waals surface area contributed by atoms with Gasteiger partial charge in [0, 0.05) is 18.6 Å². The number of hydrogen-bond acceptors (Lipinski definition) is 4. The minimum absolute atomic E-state index is 0.235. The van der Waals surface area contributed by atoms with Gasteiger partial charge in [-0.3, -0.25) is 14.9 Å². The largest absolute Gasteiger partial charge is 0.343 e. The Hall–Kier alpha value is -2.54. The molecule has 0 saturated heterocycles. The number of rotatable bonds is 3. The van der Waals surface area contributed by atoms with Crippen molar-refractivity contribution in [3.05, 3.63) is 52.8 Å². The molecule has 106 valence electrons. The average Bonchev–Trinajstić information content (AvgIpc) is 2.84. The zero-order valence-electron chi connectivity index (χ0n) is 11.3. The van der Waals surface area contributed by atoms with Gasteiger partial charge < -0.3 is 9.88 Å². The number of pyridine rings is 1. The summed E-state index contributed by atoms with van der Waals surface area (Å²) >= 11 is 5.03. The second-order valence-electron chi connectivity index (χ2n) is 4.57. The van der Waals surface area contributed by atoms with E-state index in [9.17, 15) is 4.79 Å². The van der Waals surface area contributed by atoms with E-state index < -0.39 is 0 Å². The highest BCUT2D eigenvalue weighted by molar-refractivity contribution is 7.71. The van der Waals surface area contributed by atoms with E-state index in [-0.39, 0.29) is 12.5 Å². The number of aromatic amines is 1. The number of aromatic nitrogens is 4. The molecule has 0 atom stereocenters. The number of carbonyl (C=O) groups is 1.